The van der Waals surface area contributed by atoms with Crippen LogP contribution in [0.25, 0.3) is 0 Å². The first-order valence-corrected chi connectivity index (χ1v) is 7.46. The van der Waals surface area contributed by atoms with E-state index < -0.39 is 29.8 Å². The monoisotopic (exact) mass is 356 g/mol. The van der Waals surface area contributed by atoms with E-state index in [-0.39, 0.29) is 24.6 Å². The Labute approximate surface area is 140 Å². The molecule has 1 amide bonds. The highest BCUT2D eigenvalue weighted by molar-refractivity contribution is 5.92. The fraction of sp³-hybridized carbons (Fsp3) is 0.375. The van der Waals surface area contributed by atoms with Gasteiger partial charge in [0.15, 0.2) is 0 Å². The number of ether oxygens (including phenoxy) is 1. The maximum atomic E-state index is 12.9. The van der Waals surface area contributed by atoms with Gasteiger partial charge in [0.25, 0.3) is 11.8 Å². The van der Waals surface area contributed by atoms with E-state index >= 15 is 0 Å². The van der Waals surface area contributed by atoms with Gasteiger partial charge in [-0.05, 0) is 29.3 Å². The molecule has 2 atom stereocenters. The van der Waals surface area contributed by atoms with Crippen LogP contribution in [0, 0.1) is 0 Å². The number of halogens is 3. The number of aliphatic hydroxyl groups excluding tert-OH is 1. The van der Waals surface area contributed by atoms with E-state index in [2.05, 4.69) is 5.16 Å². The van der Waals surface area contributed by atoms with Gasteiger partial charge in [0.2, 0.25) is 5.76 Å². The molecular weight excluding hydrogens is 341 g/mol. The third-order valence-corrected chi connectivity index (χ3v) is 4.05. The van der Waals surface area contributed by atoms with Crippen molar-refractivity contribution in [3.63, 3.8) is 0 Å². The Morgan fingerprint density at radius 3 is 2.80 bits per heavy atom. The normalized spacial score (nSPS) is 20.8. The smallest absolute Gasteiger partial charge is 0.416 e. The molecule has 1 aliphatic rings. The van der Waals surface area contributed by atoms with Crippen LogP contribution in [-0.4, -0.2) is 40.8 Å². The summed E-state index contributed by atoms with van der Waals surface area (Å²) >= 11 is 0. The molecule has 0 radical (unpaired) electrons. The van der Waals surface area contributed by atoms with Crippen LogP contribution in [-0.2, 0) is 6.18 Å². The molecular formula is C16H15F3N2O4. The minimum absolute atomic E-state index is 0.0111. The standard InChI is InChI=1S/C16H15F3N2O4/c1-24-14-7-13(25-20-14)15(23)21-8-11(22)6-12(21)9-3-2-4-10(5-9)16(17,18)19/h2-5,7,11-12,22H,6,8H2,1H3/t11-,12-/m1/s1. The zero-order valence-corrected chi connectivity index (χ0v) is 13.2. The molecule has 0 aliphatic carbocycles. The lowest BCUT2D eigenvalue weighted by atomic mass is 10.0. The summed E-state index contributed by atoms with van der Waals surface area (Å²) in [5, 5.41) is 13.5. The summed E-state index contributed by atoms with van der Waals surface area (Å²) in [6.07, 6.45) is -5.19. The molecule has 134 valence electrons. The van der Waals surface area contributed by atoms with Crippen LogP contribution in [0.2, 0.25) is 0 Å². The summed E-state index contributed by atoms with van der Waals surface area (Å²) in [7, 11) is 1.36. The molecule has 9 heteroatoms. The summed E-state index contributed by atoms with van der Waals surface area (Å²) in [6, 6.07) is 5.32. The van der Waals surface area contributed by atoms with Crippen molar-refractivity contribution in [3.05, 3.63) is 47.2 Å². The number of aliphatic hydroxyl groups is 1. The molecule has 1 aromatic heterocycles. The molecule has 25 heavy (non-hydrogen) atoms. The number of β-amino-alcohol motifs (C(OH)–C–C–N with tert-alkyl or cyclic N) is 1. The van der Waals surface area contributed by atoms with E-state index in [9.17, 15) is 23.1 Å². The average Bonchev–Trinajstić information content (AvgIpc) is 3.20. The van der Waals surface area contributed by atoms with Crippen molar-refractivity contribution in [3.8, 4) is 5.88 Å². The second-order valence-corrected chi connectivity index (χ2v) is 5.72. The number of alkyl halides is 3. The zero-order valence-electron chi connectivity index (χ0n) is 13.2. The number of aromatic nitrogens is 1. The molecule has 3 rings (SSSR count). The van der Waals surface area contributed by atoms with Crippen molar-refractivity contribution >= 4 is 5.91 Å². The van der Waals surface area contributed by atoms with Gasteiger partial charge in [0.1, 0.15) is 0 Å². The second kappa shape index (κ2) is 6.40. The third kappa shape index (κ3) is 3.46. The first-order chi connectivity index (χ1) is 11.8. The first kappa shape index (κ1) is 17.3. The lowest BCUT2D eigenvalue weighted by Crippen LogP contribution is -2.31. The molecule has 0 bridgehead atoms. The second-order valence-electron chi connectivity index (χ2n) is 5.72. The minimum Gasteiger partial charge on any atom is -0.479 e. The first-order valence-electron chi connectivity index (χ1n) is 7.46. The molecule has 1 N–H and O–H groups in total. The molecule has 2 heterocycles. The maximum Gasteiger partial charge on any atom is 0.416 e. The summed E-state index contributed by atoms with van der Waals surface area (Å²) in [5.74, 6) is -0.573. The summed E-state index contributed by atoms with van der Waals surface area (Å²) in [5.41, 5.74) is -0.508. The predicted molar refractivity (Wildman–Crippen MR) is 78.9 cm³/mol. The van der Waals surface area contributed by atoms with Crippen LogP contribution in [0.3, 0.4) is 0 Å². The number of hydrogen-bond acceptors (Lipinski definition) is 5. The Kier molecular flexibility index (Phi) is 4.42. The SMILES string of the molecule is COc1cc(C(=O)N2C[C@H](O)C[C@@H]2c2cccc(C(F)(F)F)c2)on1. The quantitative estimate of drug-likeness (QED) is 0.915. The van der Waals surface area contributed by atoms with Crippen LogP contribution in [0.1, 0.15) is 34.1 Å². The van der Waals surface area contributed by atoms with Crippen LogP contribution >= 0.6 is 0 Å². The molecule has 1 saturated heterocycles. The van der Waals surface area contributed by atoms with E-state index in [1.807, 2.05) is 0 Å². The van der Waals surface area contributed by atoms with Gasteiger partial charge in [-0.3, -0.25) is 4.79 Å². The van der Waals surface area contributed by atoms with Crippen molar-refractivity contribution in [1.82, 2.24) is 10.1 Å². The Bertz CT molecular complexity index is 775. The number of carbonyl (C=O) groups excluding carboxylic acids is 1. The molecule has 0 unspecified atom stereocenters. The van der Waals surface area contributed by atoms with Gasteiger partial charge in [0.05, 0.1) is 30.9 Å². The van der Waals surface area contributed by atoms with Gasteiger partial charge in [-0.1, -0.05) is 12.1 Å². The number of carbonyl (C=O) groups is 1. The van der Waals surface area contributed by atoms with Gasteiger partial charge in [-0.25, -0.2) is 0 Å². The van der Waals surface area contributed by atoms with Crippen molar-refractivity contribution in [2.24, 2.45) is 0 Å². The number of methoxy groups -OCH3 is 1. The van der Waals surface area contributed by atoms with Crippen LogP contribution in [0.15, 0.2) is 34.9 Å². The number of nitrogens with zero attached hydrogens (tertiary/aromatic N) is 2. The summed E-state index contributed by atoms with van der Waals surface area (Å²) in [6.45, 7) is -0.0111. The Balaban J connectivity index is 1.90. The predicted octanol–water partition coefficient (Wildman–Crippen LogP) is 2.65. The molecule has 6 nitrogen and oxygen atoms in total. The van der Waals surface area contributed by atoms with Crippen LogP contribution in [0.5, 0.6) is 5.88 Å². The number of amides is 1. The number of hydrogen-bond donors (Lipinski definition) is 1. The summed E-state index contributed by atoms with van der Waals surface area (Å²) in [4.78, 5) is 13.9. The average molecular weight is 356 g/mol. The largest absolute Gasteiger partial charge is 0.479 e. The topological polar surface area (TPSA) is 75.8 Å². The number of likely N-dealkylation sites (tertiary alicyclic amines) is 1. The van der Waals surface area contributed by atoms with Gasteiger partial charge in [0, 0.05) is 6.54 Å². The van der Waals surface area contributed by atoms with E-state index in [1.165, 1.54) is 30.2 Å². The molecule has 1 aliphatic heterocycles. The highest BCUT2D eigenvalue weighted by atomic mass is 19.4. The fourth-order valence-electron chi connectivity index (χ4n) is 2.87. The van der Waals surface area contributed by atoms with Crippen molar-refractivity contribution in [2.75, 3.05) is 13.7 Å². The van der Waals surface area contributed by atoms with Crippen molar-refractivity contribution < 1.29 is 32.3 Å². The van der Waals surface area contributed by atoms with E-state index in [0.29, 0.717) is 5.56 Å². The lowest BCUT2D eigenvalue weighted by molar-refractivity contribution is -0.137. The summed E-state index contributed by atoms with van der Waals surface area (Å²) < 4.78 is 48.5. The molecule has 0 saturated carbocycles. The van der Waals surface area contributed by atoms with Gasteiger partial charge in [-0.2, -0.15) is 13.2 Å². The lowest BCUT2D eigenvalue weighted by Gasteiger charge is -2.24. The van der Waals surface area contributed by atoms with E-state index in [4.69, 9.17) is 9.26 Å². The molecule has 1 aromatic carbocycles. The van der Waals surface area contributed by atoms with Gasteiger partial charge < -0.3 is 19.3 Å². The molecule has 1 fully saturated rings. The van der Waals surface area contributed by atoms with Crippen molar-refractivity contribution in [1.29, 1.82) is 0 Å². The van der Waals surface area contributed by atoms with Crippen LogP contribution < -0.4 is 4.74 Å². The molecule has 2 aromatic rings. The number of rotatable bonds is 3. The van der Waals surface area contributed by atoms with E-state index in [0.717, 1.165) is 12.1 Å². The highest BCUT2D eigenvalue weighted by Crippen LogP contribution is 2.37. The van der Waals surface area contributed by atoms with Crippen LogP contribution in [0.4, 0.5) is 13.2 Å². The third-order valence-electron chi connectivity index (χ3n) is 4.05. The maximum absolute atomic E-state index is 12.9. The number of benzene rings is 1. The molecule has 0 spiro atoms. The Morgan fingerprint density at radius 1 is 1.40 bits per heavy atom. The minimum atomic E-state index is -4.49. The van der Waals surface area contributed by atoms with Gasteiger partial charge in [-0.15, -0.1) is 0 Å². The van der Waals surface area contributed by atoms with Crippen molar-refractivity contribution in [2.45, 2.75) is 24.7 Å². The zero-order chi connectivity index (χ0) is 18.2. The Hall–Kier alpha value is -2.55. The van der Waals surface area contributed by atoms with E-state index in [1.54, 1.807) is 0 Å². The fourth-order valence-corrected chi connectivity index (χ4v) is 2.87. The highest BCUT2D eigenvalue weighted by Gasteiger charge is 2.38. The Morgan fingerprint density at radius 2 is 2.16 bits per heavy atom. The van der Waals surface area contributed by atoms with Gasteiger partial charge >= 0.3 is 6.18 Å².